The molecule has 9 nitrogen and oxygen atoms in total. The van der Waals surface area contributed by atoms with Gasteiger partial charge in [-0.2, -0.15) is 0 Å². The number of aliphatic hydroxyl groups is 1. The van der Waals surface area contributed by atoms with Crippen LogP contribution in [0.2, 0.25) is 0 Å². The molecule has 1 aromatic rings. The van der Waals surface area contributed by atoms with Gasteiger partial charge in [-0.3, -0.25) is 14.5 Å². The Kier molecular flexibility index (Phi) is 9.13. The van der Waals surface area contributed by atoms with Gasteiger partial charge in [-0.1, -0.05) is 0 Å². The minimum atomic E-state index is -0.507. The highest BCUT2D eigenvalue weighted by atomic mass is 16.5. The molecule has 2 aliphatic heterocycles. The van der Waals surface area contributed by atoms with Crippen molar-refractivity contribution in [1.29, 1.82) is 0 Å². The standard InChI is InChI=1S/C23H36N4O5/c1-31-19-11-18(12-20(13-19)32-2)16-27-8-5-24-23(30)21(27)14-22(29)25-15-17-3-6-26(7-4-17)9-10-28/h11-13,17,21,28H,3-10,14-16H2,1-2H3,(H,24,30)(H,25,29). The molecule has 32 heavy (non-hydrogen) atoms. The van der Waals surface area contributed by atoms with E-state index in [-0.39, 0.29) is 24.8 Å². The third kappa shape index (κ3) is 6.82. The summed E-state index contributed by atoms with van der Waals surface area (Å²) in [5.74, 6) is 1.62. The molecule has 2 saturated heterocycles. The highest BCUT2D eigenvalue weighted by Crippen LogP contribution is 2.25. The lowest BCUT2D eigenvalue weighted by Crippen LogP contribution is -2.56. The molecule has 1 aromatic carbocycles. The van der Waals surface area contributed by atoms with Gasteiger partial charge in [0.15, 0.2) is 0 Å². The third-order valence-electron chi connectivity index (χ3n) is 6.33. The van der Waals surface area contributed by atoms with Crippen LogP contribution in [0.15, 0.2) is 18.2 Å². The van der Waals surface area contributed by atoms with Crippen molar-refractivity contribution in [2.24, 2.45) is 5.92 Å². The van der Waals surface area contributed by atoms with E-state index in [4.69, 9.17) is 14.6 Å². The Bertz CT molecular complexity index is 745. The smallest absolute Gasteiger partial charge is 0.237 e. The van der Waals surface area contributed by atoms with E-state index in [0.29, 0.717) is 50.1 Å². The van der Waals surface area contributed by atoms with E-state index in [1.54, 1.807) is 14.2 Å². The number of piperidine rings is 1. The lowest BCUT2D eigenvalue weighted by Gasteiger charge is -2.35. The molecule has 0 aliphatic carbocycles. The van der Waals surface area contributed by atoms with E-state index in [1.807, 2.05) is 23.1 Å². The van der Waals surface area contributed by atoms with Gasteiger partial charge in [0.25, 0.3) is 0 Å². The zero-order valence-electron chi connectivity index (χ0n) is 19.1. The summed E-state index contributed by atoms with van der Waals surface area (Å²) in [6.45, 7) is 5.19. The van der Waals surface area contributed by atoms with Crippen molar-refractivity contribution >= 4 is 11.8 Å². The van der Waals surface area contributed by atoms with Crippen molar-refractivity contribution in [3.8, 4) is 11.5 Å². The number of β-amino-alcohol motifs (C(OH)–C–C–N with tert-alkyl or cyclic N) is 1. The van der Waals surface area contributed by atoms with Gasteiger partial charge >= 0.3 is 0 Å². The van der Waals surface area contributed by atoms with Crippen molar-refractivity contribution in [3.63, 3.8) is 0 Å². The van der Waals surface area contributed by atoms with E-state index >= 15 is 0 Å². The predicted molar refractivity (Wildman–Crippen MR) is 121 cm³/mol. The second kappa shape index (κ2) is 12.0. The number of rotatable bonds is 10. The fourth-order valence-electron chi connectivity index (χ4n) is 4.43. The van der Waals surface area contributed by atoms with Gasteiger partial charge in [-0.05, 0) is 49.5 Å². The number of hydrogen-bond donors (Lipinski definition) is 3. The number of aliphatic hydroxyl groups excluding tert-OH is 1. The summed E-state index contributed by atoms with van der Waals surface area (Å²) in [5, 5.41) is 15.0. The number of nitrogens with zero attached hydrogens (tertiary/aromatic N) is 2. The van der Waals surface area contributed by atoms with Crippen molar-refractivity contribution in [1.82, 2.24) is 20.4 Å². The molecule has 1 unspecified atom stereocenters. The number of amides is 2. The summed E-state index contributed by atoms with van der Waals surface area (Å²) in [6, 6.07) is 5.16. The summed E-state index contributed by atoms with van der Waals surface area (Å²) >= 11 is 0. The molecule has 0 saturated carbocycles. The normalized spacial score (nSPS) is 20.6. The molecule has 0 spiro atoms. The molecule has 9 heteroatoms. The maximum atomic E-state index is 12.7. The number of carbonyl (C=O) groups is 2. The fourth-order valence-corrected chi connectivity index (χ4v) is 4.43. The second-order valence-electron chi connectivity index (χ2n) is 8.52. The number of ether oxygens (including phenoxy) is 2. The van der Waals surface area contributed by atoms with Gasteiger partial charge in [-0.15, -0.1) is 0 Å². The van der Waals surface area contributed by atoms with Crippen molar-refractivity contribution in [2.45, 2.75) is 31.8 Å². The van der Waals surface area contributed by atoms with Crippen LogP contribution < -0.4 is 20.1 Å². The summed E-state index contributed by atoms with van der Waals surface area (Å²) in [5.41, 5.74) is 0.968. The molecule has 3 rings (SSSR count). The van der Waals surface area contributed by atoms with Crippen molar-refractivity contribution < 1.29 is 24.2 Å². The molecule has 2 fully saturated rings. The summed E-state index contributed by atoms with van der Waals surface area (Å²) in [7, 11) is 3.22. The van der Waals surface area contributed by atoms with Crippen LogP contribution in [0, 0.1) is 5.92 Å². The number of hydrogen-bond acceptors (Lipinski definition) is 7. The molecule has 178 valence electrons. The minimum Gasteiger partial charge on any atom is -0.497 e. The first-order chi connectivity index (χ1) is 15.5. The summed E-state index contributed by atoms with van der Waals surface area (Å²) < 4.78 is 10.7. The molecule has 2 aliphatic rings. The lowest BCUT2D eigenvalue weighted by molar-refractivity contribution is -0.134. The molecule has 2 amide bonds. The first-order valence-corrected chi connectivity index (χ1v) is 11.4. The Morgan fingerprint density at radius 3 is 2.47 bits per heavy atom. The topological polar surface area (TPSA) is 103 Å². The van der Waals surface area contributed by atoms with E-state index in [1.165, 1.54) is 0 Å². The van der Waals surface area contributed by atoms with Gasteiger partial charge in [0.1, 0.15) is 11.5 Å². The van der Waals surface area contributed by atoms with Crippen LogP contribution in [-0.2, 0) is 16.1 Å². The Labute approximate surface area is 190 Å². The molecule has 0 aromatic heterocycles. The average Bonchev–Trinajstić information content (AvgIpc) is 2.80. The minimum absolute atomic E-state index is 0.0990. The highest BCUT2D eigenvalue weighted by Gasteiger charge is 2.32. The van der Waals surface area contributed by atoms with E-state index in [9.17, 15) is 9.59 Å². The molecule has 3 N–H and O–H groups in total. The van der Waals surface area contributed by atoms with Crippen LogP contribution >= 0.6 is 0 Å². The largest absolute Gasteiger partial charge is 0.497 e. The molecule has 1 atom stereocenters. The Morgan fingerprint density at radius 2 is 1.84 bits per heavy atom. The zero-order valence-corrected chi connectivity index (χ0v) is 19.1. The Morgan fingerprint density at radius 1 is 1.16 bits per heavy atom. The number of benzene rings is 1. The number of piperazine rings is 1. The van der Waals surface area contributed by atoms with Gasteiger partial charge in [0, 0.05) is 38.8 Å². The second-order valence-corrected chi connectivity index (χ2v) is 8.52. The highest BCUT2D eigenvalue weighted by molar-refractivity contribution is 5.88. The predicted octanol–water partition coefficient (Wildman–Crippen LogP) is 0.215. The van der Waals surface area contributed by atoms with Crippen LogP contribution in [0.25, 0.3) is 0 Å². The van der Waals surface area contributed by atoms with Crippen LogP contribution in [-0.4, -0.2) is 92.9 Å². The maximum Gasteiger partial charge on any atom is 0.237 e. The molecular formula is C23H36N4O5. The van der Waals surface area contributed by atoms with Gasteiger partial charge < -0.3 is 30.1 Å². The van der Waals surface area contributed by atoms with E-state index in [2.05, 4.69) is 15.5 Å². The molecular weight excluding hydrogens is 412 g/mol. The summed E-state index contributed by atoms with van der Waals surface area (Å²) in [4.78, 5) is 29.5. The summed E-state index contributed by atoms with van der Waals surface area (Å²) in [6.07, 6.45) is 2.15. The Balaban J connectivity index is 1.54. The molecule has 0 radical (unpaired) electrons. The number of methoxy groups -OCH3 is 2. The fraction of sp³-hybridized carbons (Fsp3) is 0.652. The molecule has 0 bridgehead atoms. The monoisotopic (exact) mass is 448 g/mol. The van der Waals surface area contributed by atoms with Crippen molar-refractivity contribution in [2.75, 3.05) is 60.1 Å². The Hall–Kier alpha value is -2.36. The van der Waals surface area contributed by atoms with Crippen LogP contribution in [0.4, 0.5) is 0 Å². The lowest BCUT2D eigenvalue weighted by atomic mass is 9.96. The first-order valence-electron chi connectivity index (χ1n) is 11.4. The third-order valence-corrected chi connectivity index (χ3v) is 6.33. The van der Waals surface area contributed by atoms with Crippen LogP contribution in [0.3, 0.4) is 0 Å². The van der Waals surface area contributed by atoms with Crippen LogP contribution in [0.5, 0.6) is 11.5 Å². The van der Waals surface area contributed by atoms with E-state index < -0.39 is 6.04 Å². The number of nitrogens with one attached hydrogen (secondary N) is 2. The first kappa shape index (κ1) is 24.3. The maximum absolute atomic E-state index is 12.7. The van der Waals surface area contributed by atoms with Gasteiger partial charge in [-0.25, -0.2) is 0 Å². The van der Waals surface area contributed by atoms with Crippen molar-refractivity contribution in [3.05, 3.63) is 23.8 Å². The van der Waals surface area contributed by atoms with Crippen LogP contribution in [0.1, 0.15) is 24.8 Å². The van der Waals surface area contributed by atoms with Gasteiger partial charge in [0.2, 0.25) is 11.8 Å². The van der Waals surface area contributed by atoms with E-state index in [0.717, 1.165) is 31.5 Å². The van der Waals surface area contributed by atoms with Gasteiger partial charge in [0.05, 0.1) is 33.3 Å². The zero-order chi connectivity index (χ0) is 22.9. The quantitative estimate of drug-likeness (QED) is 0.470. The SMILES string of the molecule is COc1cc(CN2CCNC(=O)C2CC(=O)NCC2CCN(CCO)CC2)cc(OC)c1. The number of likely N-dealkylation sites (tertiary alicyclic amines) is 1. The number of carbonyl (C=O) groups excluding carboxylic acids is 2. The average molecular weight is 449 g/mol. The molecule has 2 heterocycles.